The number of fused-ring (bicyclic) bond motifs is 3. The van der Waals surface area contributed by atoms with Gasteiger partial charge in [-0.1, -0.05) is 48.5 Å². The lowest BCUT2D eigenvalue weighted by Crippen LogP contribution is -2.38. The molecule has 7 heteroatoms. The van der Waals surface area contributed by atoms with E-state index in [1.165, 1.54) is 22.3 Å². The molecular formula is C28H32N2O5. The standard InChI is InChI=1S/C28H32N2O5/c31-26(32)14-17-9-11-19(13-17)29-27(33)18-10-12-20(15-18)30-28(34)35-16-25-23-7-3-1-5-21(23)22-6-2-4-8-24(22)25/h1-8,17-20,25H,9-16H2,(H,29,33)(H,30,34)(H,31,32)/t17-,18-,19+,20+/m0/s1. The Balaban J connectivity index is 1.09. The number of alkyl carbamates (subject to hydrolysis) is 1. The Bertz CT molecular complexity index is 1070. The van der Waals surface area contributed by atoms with E-state index < -0.39 is 12.1 Å². The van der Waals surface area contributed by atoms with E-state index in [0.717, 1.165) is 32.1 Å². The van der Waals surface area contributed by atoms with Gasteiger partial charge in [0.05, 0.1) is 0 Å². The molecule has 0 saturated heterocycles. The van der Waals surface area contributed by atoms with Crippen molar-refractivity contribution in [1.82, 2.24) is 10.6 Å². The molecule has 0 aliphatic heterocycles. The lowest BCUT2D eigenvalue weighted by molar-refractivity contribution is -0.138. The average Bonchev–Trinajstić information content (AvgIpc) is 3.55. The number of carbonyl (C=O) groups is 3. The largest absolute Gasteiger partial charge is 0.481 e. The highest BCUT2D eigenvalue weighted by atomic mass is 16.5. The molecule has 3 aliphatic rings. The molecule has 2 aromatic carbocycles. The van der Waals surface area contributed by atoms with Gasteiger partial charge in [0.25, 0.3) is 0 Å². The van der Waals surface area contributed by atoms with Gasteiger partial charge in [0.1, 0.15) is 6.61 Å². The molecule has 5 rings (SSSR count). The zero-order valence-corrected chi connectivity index (χ0v) is 19.7. The number of carboxylic acids is 1. The molecule has 7 nitrogen and oxygen atoms in total. The normalized spacial score (nSPS) is 25.0. The van der Waals surface area contributed by atoms with E-state index in [2.05, 4.69) is 34.9 Å². The van der Waals surface area contributed by atoms with Crippen LogP contribution in [0.25, 0.3) is 11.1 Å². The minimum Gasteiger partial charge on any atom is -0.481 e. The van der Waals surface area contributed by atoms with Crippen LogP contribution < -0.4 is 10.6 Å². The molecule has 0 aromatic heterocycles. The van der Waals surface area contributed by atoms with Crippen LogP contribution in [0.4, 0.5) is 4.79 Å². The molecule has 3 N–H and O–H groups in total. The molecule has 184 valence electrons. The number of nitrogens with one attached hydrogen (secondary N) is 2. The second-order valence-electron chi connectivity index (χ2n) is 10.2. The maximum Gasteiger partial charge on any atom is 0.407 e. The number of carbonyl (C=O) groups excluding carboxylic acids is 2. The van der Waals surface area contributed by atoms with Gasteiger partial charge in [-0.15, -0.1) is 0 Å². The van der Waals surface area contributed by atoms with Crippen molar-refractivity contribution in [2.45, 2.75) is 62.9 Å². The van der Waals surface area contributed by atoms with Crippen LogP contribution in [0.15, 0.2) is 48.5 Å². The van der Waals surface area contributed by atoms with Crippen molar-refractivity contribution >= 4 is 18.0 Å². The lowest BCUT2D eigenvalue weighted by atomic mass is 9.98. The molecule has 3 aliphatic carbocycles. The first-order valence-electron chi connectivity index (χ1n) is 12.6. The molecule has 2 fully saturated rings. The smallest absolute Gasteiger partial charge is 0.407 e. The Morgan fingerprint density at radius 2 is 1.46 bits per heavy atom. The Morgan fingerprint density at radius 3 is 2.14 bits per heavy atom. The molecule has 2 aromatic rings. The predicted molar refractivity (Wildman–Crippen MR) is 131 cm³/mol. The van der Waals surface area contributed by atoms with Crippen LogP contribution in [0.3, 0.4) is 0 Å². The van der Waals surface area contributed by atoms with Gasteiger partial charge in [0.2, 0.25) is 5.91 Å². The van der Waals surface area contributed by atoms with Crippen molar-refractivity contribution in [2.75, 3.05) is 6.61 Å². The van der Waals surface area contributed by atoms with Crippen LogP contribution >= 0.6 is 0 Å². The molecule has 2 saturated carbocycles. The Kier molecular flexibility index (Phi) is 6.75. The minimum absolute atomic E-state index is 0.0165. The van der Waals surface area contributed by atoms with Gasteiger partial charge in [-0.05, 0) is 66.7 Å². The summed E-state index contributed by atoms with van der Waals surface area (Å²) in [7, 11) is 0. The van der Waals surface area contributed by atoms with Crippen LogP contribution in [-0.2, 0) is 14.3 Å². The maximum atomic E-state index is 12.7. The monoisotopic (exact) mass is 476 g/mol. The molecule has 0 unspecified atom stereocenters. The number of rotatable bonds is 7. The highest BCUT2D eigenvalue weighted by Gasteiger charge is 2.34. The number of ether oxygens (including phenoxy) is 1. The summed E-state index contributed by atoms with van der Waals surface area (Å²) < 4.78 is 5.65. The number of amides is 2. The Morgan fingerprint density at radius 1 is 0.829 bits per heavy atom. The number of aliphatic carboxylic acids is 1. The van der Waals surface area contributed by atoms with Crippen molar-refractivity contribution in [3.8, 4) is 11.1 Å². The summed E-state index contributed by atoms with van der Waals surface area (Å²) in [6.07, 6.45) is 4.20. The number of hydrogen-bond donors (Lipinski definition) is 3. The van der Waals surface area contributed by atoms with Crippen molar-refractivity contribution in [3.63, 3.8) is 0 Å². The SMILES string of the molecule is O=C(O)C[C@H]1CC[C@@H](NC(=O)[C@H]2CC[C@@H](NC(=O)OCC3c4ccccc4-c4ccccc43)C2)C1. The third-order valence-corrected chi connectivity index (χ3v) is 7.82. The van der Waals surface area contributed by atoms with Crippen LogP contribution in [0.2, 0.25) is 0 Å². The van der Waals surface area contributed by atoms with Crippen LogP contribution in [-0.4, -0.2) is 41.8 Å². The van der Waals surface area contributed by atoms with E-state index in [0.29, 0.717) is 6.42 Å². The zero-order valence-electron chi connectivity index (χ0n) is 19.7. The van der Waals surface area contributed by atoms with Crippen molar-refractivity contribution in [3.05, 3.63) is 59.7 Å². The zero-order chi connectivity index (χ0) is 24.4. The summed E-state index contributed by atoms with van der Waals surface area (Å²) in [4.78, 5) is 36.2. The summed E-state index contributed by atoms with van der Waals surface area (Å²) >= 11 is 0. The van der Waals surface area contributed by atoms with E-state index >= 15 is 0 Å². The van der Waals surface area contributed by atoms with Crippen LogP contribution in [0.5, 0.6) is 0 Å². The molecule has 0 spiro atoms. The highest BCUT2D eigenvalue weighted by Crippen LogP contribution is 2.44. The van der Waals surface area contributed by atoms with Crippen molar-refractivity contribution in [1.29, 1.82) is 0 Å². The van der Waals surface area contributed by atoms with Gasteiger partial charge in [-0.3, -0.25) is 9.59 Å². The third kappa shape index (κ3) is 5.19. The first-order chi connectivity index (χ1) is 17.0. The lowest BCUT2D eigenvalue weighted by Gasteiger charge is -2.18. The summed E-state index contributed by atoms with van der Waals surface area (Å²) in [5.41, 5.74) is 4.74. The van der Waals surface area contributed by atoms with E-state index in [4.69, 9.17) is 9.84 Å². The fourth-order valence-corrected chi connectivity index (χ4v) is 6.11. The van der Waals surface area contributed by atoms with Gasteiger partial charge in [0, 0.05) is 30.3 Å². The fraction of sp³-hybridized carbons (Fsp3) is 0.464. The van der Waals surface area contributed by atoms with Crippen molar-refractivity contribution < 1.29 is 24.2 Å². The number of carboxylic acid groups (broad SMARTS) is 1. The minimum atomic E-state index is -0.778. The number of hydrogen-bond acceptors (Lipinski definition) is 4. The Hall–Kier alpha value is -3.35. The van der Waals surface area contributed by atoms with Crippen LogP contribution in [0, 0.1) is 11.8 Å². The van der Waals surface area contributed by atoms with E-state index in [-0.39, 0.29) is 48.8 Å². The van der Waals surface area contributed by atoms with E-state index in [9.17, 15) is 14.4 Å². The molecule has 4 atom stereocenters. The second-order valence-corrected chi connectivity index (χ2v) is 10.2. The summed E-state index contributed by atoms with van der Waals surface area (Å²) in [6.45, 7) is 0.273. The quantitative estimate of drug-likeness (QED) is 0.548. The van der Waals surface area contributed by atoms with Gasteiger partial charge in [-0.2, -0.15) is 0 Å². The molecule has 0 radical (unpaired) electrons. The first-order valence-corrected chi connectivity index (χ1v) is 12.6. The second kappa shape index (κ2) is 10.1. The van der Waals surface area contributed by atoms with Crippen molar-refractivity contribution in [2.24, 2.45) is 11.8 Å². The maximum absolute atomic E-state index is 12.7. The molecule has 2 amide bonds. The fourth-order valence-electron chi connectivity index (χ4n) is 6.11. The number of benzene rings is 2. The molecule has 0 bridgehead atoms. The molecule has 0 heterocycles. The average molecular weight is 477 g/mol. The topological polar surface area (TPSA) is 105 Å². The highest BCUT2D eigenvalue weighted by molar-refractivity contribution is 5.80. The van der Waals surface area contributed by atoms with Crippen LogP contribution in [0.1, 0.15) is 62.0 Å². The third-order valence-electron chi connectivity index (χ3n) is 7.82. The van der Waals surface area contributed by atoms with E-state index in [1.807, 2.05) is 24.3 Å². The van der Waals surface area contributed by atoms with Gasteiger partial charge in [0.15, 0.2) is 0 Å². The van der Waals surface area contributed by atoms with Gasteiger partial charge >= 0.3 is 12.1 Å². The van der Waals surface area contributed by atoms with Gasteiger partial charge < -0.3 is 20.5 Å². The summed E-state index contributed by atoms with van der Waals surface area (Å²) in [5, 5.41) is 15.0. The Labute approximate surface area is 205 Å². The predicted octanol–water partition coefficient (Wildman–Crippen LogP) is 4.45. The molecular weight excluding hydrogens is 444 g/mol. The van der Waals surface area contributed by atoms with Gasteiger partial charge in [-0.25, -0.2) is 4.79 Å². The summed E-state index contributed by atoms with van der Waals surface area (Å²) in [5.74, 6) is -0.730. The first kappa shape index (κ1) is 23.4. The van der Waals surface area contributed by atoms with E-state index in [1.54, 1.807) is 0 Å². The molecule has 35 heavy (non-hydrogen) atoms. The summed E-state index contributed by atoms with van der Waals surface area (Å²) in [6, 6.07) is 16.5.